The van der Waals surface area contributed by atoms with Gasteiger partial charge >= 0.3 is 0 Å². The third-order valence-corrected chi connectivity index (χ3v) is 3.41. The second-order valence-electron chi connectivity index (χ2n) is 5.10. The number of imidazole rings is 1. The van der Waals surface area contributed by atoms with Gasteiger partial charge in [-0.25, -0.2) is 4.98 Å². The first-order valence-corrected chi connectivity index (χ1v) is 6.73. The smallest absolute Gasteiger partial charge is 0.209 e. The first-order valence-electron chi connectivity index (χ1n) is 5.94. The Morgan fingerprint density at radius 3 is 2.74 bits per heavy atom. The molecule has 0 aliphatic heterocycles. The molecule has 0 spiro atoms. The van der Waals surface area contributed by atoms with Crippen molar-refractivity contribution in [2.24, 2.45) is 0 Å². The summed E-state index contributed by atoms with van der Waals surface area (Å²) in [7, 11) is 1.41. The normalized spacial score (nSPS) is 12.1. The Hall–Kier alpha value is -1.14. The monoisotopic (exact) mass is 330 g/mol. The lowest BCUT2D eigenvalue weighted by molar-refractivity contribution is 0.0711. The van der Waals surface area contributed by atoms with Crippen molar-refractivity contribution in [1.82, 2.24) is 9.38 Å². The van der Waals surface area contributed by atoms with Crippen LogP contribution in [0.3, 0.4) is 0 Å². The molecule has 19 heavy (non-hydrogen) atoms. The molecule has 0 aliphatic rings. The Bertz CT molecular complexity index is 605. The predicted octanol–water partition coefficient (Wildman–Crippen LogP) is 2.95. The maximum Gasteiger partial charge on any atom is 0.209 e. The molecule has 0 saturated carbocycles. The van der Waals surface area contributed by atoms with E-state index in [4.69, 9.17) is 4.74 Å². The van der Waals surface area contributed by atoms with Crippen LogP contribution in [0.15, 0.2) is 16.9 Å². The van der Waals surface area contributed by atoms with Crippen LogP contribution in [-0.2, 0) is 6.42 Å². The van der Waals surface area contributed by atoms with Gasteiger partial charge in [-0.2, -0.15) is 4.39 Å². The topological polar surface area (TPSA) is 46.8 Å². The van der Waals surface area contributed by atoms with E-state index in [2.05, 4.69) is 20.9 Å². The standard InChI is InChI=1S/C13H16BrFN2O2/c1-13(2,18)5-4-8-6-17-7-9(14)11(19-3)10(15)12(17)16-8/h6-7,18H,4-5H2,1-3H3. The lowest BCUT2D eigenvalue weighted by atomic mass is 10.0. The number of pyridine rings is 1. The minimum absolute atomic E-state index is 0.145. The molecule has 0 saturated heterocycles. The number of nitrogens with zero attached hydrogens (tertiary/aromatic N) is 2. The summed E-state index contributed by atoms with van der Waals surface area (Å²) in [5, 5.41) is 9.70. The fraction of sp³-hybridized carbons (Fsp3) is 0.462. The van der Waals surface area contributed by atoms with E-state index >= 15 is 0 Å². The van der Waals surface area contributed by atoms with Crippen molar-refractivity contribution in [2.75, 3.05) is 7.11 Å². The maximum atomic E-state index is 14.1. The first-order chi connectivity index (χ1) is 8.81. The molecule has 2 aromatic rings. The van der Waals surface area contributed by atoms with Crippen LogP contribution in [0.25, 0.3) is 5.65 Å². The van der Waals surface area contributed by atoms with Crippen LogP contribution >= 0.6 is 15.9 Å². The number of halogens is 2. The zero-order valence-electron chi connectivity index (χ0n) is 11.1. The highest BCUT2D eigenvalue weighted by molar-refractivity contribution is 9.10. The third kappa shape index (κ3) is 3.06. The van der Waals surface area contributed by atoms with Crippen LogP contribution in [-0.4, -0.2) is 27.2 Å². The number of fused-ring (bicyclic) bond motifs is 1. The number of methoxy groups -OCH3 is 1. The molecule has 2 heterocycles. The number of aryl methyl sites for hydroxylation is 1. The highest BCUT2D eigenvalue weighted by Gasteiger charge is 2.17. The van der Waals surface area contributed by atoms with Gasteiger partial charge in [0.1, 0.15) is 0 Å². The Morgan fingerprint density at radius 2 is 2.16 bits per heavy atom. The van der Waals surface area contributed by atoms with Gasteiger partial charge in [0.25, 0.3) is 0 Å². The van der Waals surface area contributed by atoms with Crippen molar-refractivity contribution < 1.29 is 14.2 Å². The van der Waals surface area contributed by atoms with Crippen molar-refractivity contribution in [3.8, 4) is 5.75 Å². The van der Waals surface area contributed by atoms with E-state index in [0.29, 0.717) is 17.3 Å². The quantitative estimate of drug-likeness (QED) is 0.937. The Balaban J connectivity index is 2.38. The Kier molecular flexibility index (Phi) is 3.82. The molecule has 4 nitrogen and oxygen atoms in total. The van der Waals surface area contributed by atoms with Gasteiger partial charge < -0.3 is 14.2 Å². The number of hydrogen-bond acceptors (Lipinski definition) is 3. The van der Waals surface area contributed by atoms with E-state index in [0.717, 1.165) is 5.69 Å². The second kappa shape index (κ2) is 5.09. The van der Waals surface area contributed by atoms with Crippen molar-refractivity contribution in [2.45, 2.75) is 32.3 Å². The van der Waals surface area contributed by atoms with Crippen LogP contribution in [0.2, 0.25) is 0 Å². The largest absolute Gasteiger partial charge is 0.492 e. The lowest BCUT2D eigenvalue weighted by Gasteiger charge is -2.15. The zero-order valence-corrected chi connectivity index (χ0v) is 12.7. The van der Waals surface area contributed by atoms with E-state index < -0.39 is 11.4 Å². The van der Waals surface area contributed by atoms with Gasteiger partial charge in [0.2, 0.25) is 5.82 Å². The summed E-state index contributed by atoms with van der Waals surface area (Å²) in [5.41, 5.74) is 0.207. The molecule has 0 radical (unpaired) electrons. The molecule has 0 fully saturated rings. The maximum absolute atomic E-state index is 14.1. The molecular formula is C13H16BrFN2O2. The van der Waals surface area contributed by atoms with Crippen molar-refractivity contribution in [3.63, 3.8) is 0 Å². The molecule has 2 rings (SSSR count). The number of hydrogen-bond donors (Lipinski definition) is 1. The molecule has 0 atom stereocenters. The zero-order chi connectivity index (χ0) is 14.2. The van der Waals surface area contributed by atoms with Crippen LogP contribution in [0, 0.1) is 5.82 Å². The van der Waals surface area contributed by atoms with E-state index in [-0.39, 0.29) is 11.4 Å². The number of aromatic nitrogens is 2. The van der Waals surface area contributed by atoms with E-state index in [1.54, 1.807) is 30.6 Å². The van der Waals surface area contributed by atoms with Crippen LogP contribution < -0.4 is 4.74 Å². The van der Waals surface area contributed by atoms with Gasteiger partial charge in [0.15, 0.2) is 11.4 Å². The molecule has 1 N–H and O–H groups in total. The highest BCUT2D eigenvalue weighted by atomic mass is 79.9. The Morgan fingerprint density at radius 1 is 1.47 bits per heavy atom. The average Bonchev–Trinajstić information content (AvgIpc) is 2.69. The van der Waals surface area contributed by atoms with Crippen molar-refractivity contribution >= 4 is 21.6 Å². The molecular weight excluding hydrogens is 315 g/mol. The molecule has 2 aromatic heterocycles. The third-order valence-electron chi connectivity index (χ3n) is 2.84. The van der Waals surface area contributed by atoms with Crippen molar-refractivity contribution in [1.29, 1.82) is 0 Å². The molecule has 6 heteroatoms. The number of ether oxygens (including phenoxy) is 1. The van der Waals surface area contributed by atoms with E-state index in [9.17, 15) is 9.50 Å². The molecule has 0 unspecified atom stereocenters. The molecule has 0 amide bonds. The summed E-state index contributed by atoms with van der Waals surface area (Å²) in [4.78, 5) is 4.24. The SMILES string of the molecule is COc1c(Br)cn2cc(CCC(C)(C)O)nc2c1F. The summed E-state index contributed by atoms with van der Waals surface area (Å²) in [5.74, 6) is -0.349. The van der Waals surface area contributed by atoms with Crippen LogP contribution in [0.5, 0.6) is 5.75 Å². The summed E-state index contributed by atoms with van der Waals surface area (Å²) >= 11 is 3.25. The van der Waals surface area contributed by atoms with E-state index in [1.165, 1.54) is 7.11 Å². The Labute approximate surface area is 119 Å². The average molecular weight is 331 g/mol. The lowest BCUT2D eigenvalue weighted by Crippen LogP contribution is -2.19. The molecule has 0 bridgehead atoms. The predicted molar refractivity (Wildman–Crippen MR) is 74.0 cm³/mol. The number of aliphatic hydroxyl groups is 1. The van der Waals surface area contributed by atoms with Gasteiger partial charge in [-0.15, -0.1) is 0 Å². The minimum Gasteiger partial charge on any atom is -0.492 e. The molecule has 0 aromatic carbocycles. The summed E-state index contributed by atoms with van der Waals surface area (Å²) in [6, 6.07) is 0. The number of rotatable bonds is 4. The van der Waals surface area contributed by atoms with Gasteiger partial charge in [-0.05, 0) is 42.6 Å². The van der Waals surface area contributed by atoms with Gasteiger partial charge in [0.05, 0.1) is 22.9 Å². The minimum atomic E-state index is -0.757. The summed E-state index contributed by atoms with van der Waals surface area (Å²) in [6.07, 6.45) is 4.62. The second-order valence-corrected chi connectivity index (χ2v) is 5.95. The van der Waals surface area contributed by atoms with Crippen molar-refractivity contribution in [3.05, 3.63) is 28.4 Å². The van der Waals surface area contributed by atoms with Gasteiger partial charge in [-0.1, -0.05) is 0 Å². The first kappa shape index (κ1) is 14.3. The summed E-state index contributed by atoms with van der Waals surface area (Å²) < 4.78 is 21.3. The molecule has 0 aliphatic carbocycles. The highest BCUT2D eigenvalue weighted by Crippen LogP contribution is 2.30. The van der Waals surface area contributed by atoms with E-state index in [1.807, 2.05) is 0 Å². The van der Waals surface area contributed by atoms with Gasteiger partial charge in [-0.3, -0.25) is 0 Å². The molecule has 104 valence electrons. The fourth-order valence-corrected chi connectivity index (χ4v) is 2.39. The fourth-order valence-electron chi connectivity index (χ4n) is 1.83. The van der Waals surface area contributed by atoms with Gasteiger partial charge in [0, 0.05) is 12.4 Å². The van der Waals surface area contributed by atoms with Crippen LogP contribution in [0.1, 0.15) is 26.0 Å². The van der Waals surface area contributed by atoms with Crippen LogP contribution in [0.4, 0.5) is 4.39 Å². The summed E-state index contributed by atoms with van der Waals surface area (Å²) in [6.45, 7) is 3.48.